The predicted octanol–water partition coefficient (Wildman–Crippen LogP) is 1.98. The van der Waals surface area contributed by atoms with Crippen LogP contribution in [0.15, 0.2) is 24.3 Å². The summed E-state index contributed by atoms with van der Waals surface area (Å²) >= 11 is 0. The highest BCUT2D eigenvalue weighted by atomic mass is 16.5. The maximum absolute atomic E-state index is 4.99. The van der Waals surface area contributed by atoms with Gasteiger partial charge in [-0.2, -0.15) is 0 Å². The maximum Gasteiger partial charge on any atom is 0.119 e. The van der Waals surface area contributed by atoms with E-state index in [2.05, 4.69) is 5.32 Å². The van der Waals surface area contributed by atoms with Crippen LogP contribution < -0.4 is 10.1 Å². The van der Waals surface area contributed by atoms with Crippen LogP contribution >= 0.6 is 0 Å². The summed E-state index contributed by atoms with van der Waals surface area (Å²) in [5.74, 6) is 0.888. The van der Waals surface area contributed by atoms with Gasteiger partial charge >= 0.3 is 0 Å². The zero-order chi connectivity index (χ0) is 7.40. The topological polar surface area (TPSA) is 21.3 Å². The molecule has 0 heterocycles. The zero-order valence-corrected chi connectivity index (χ0v) is 6.22. The largest absolute Gasteiger partial charge is 0.497 e. The zero-order valence-electron chi connectivity index (χ0n) is 6.22. The molecule has 10 heavy (non-hydrogen) atoms. The fourth-order valence-electron chi connectivity index (χ4n) is 0.758. The molecule has 0 fully saturated rings. The van der Waals surface area contributed by atoms with Crippen LogP contribution in [0.25, 0.3) is 0 Å². The number of nitrogens with one attached hydrogen (secondary N) is 1. The van der Waals surface area contributed by atoms with E-state index in [1.165, 1.54) is 0 Å². The molecule has 2 heteroatoms. The van der Waals surface area contributed by atoms with Gasteiger partial charge in [-0.05, 0) is 24.3 Å². The second-order valence-corrected chi connectivity index (χ2v) is 1.98. The monoisotopic (exact) mass is 139 g/mol. The molecule has 0 atom stereocenters. The minimum absolute atomic E-state index is 0. The molecule has 1 rings (SSSR count). The number of hydrogen-bond acceptors (Lipinski definition) is 2. The molecule has 0 saturated heterocycles. The highest BCUT2D eigenvalue weighted by Crippen LogP contribution is 2.13. The fraction of sp³-hybridized carbons (Fsp3) is 0.250. The molecule has 0 aliphatic heterocycles. The van der Waals surface area contributed by atoms with Crippen LogP contribution in [0.4, 0.5) is 5.69 Å². The Labute approximate surface area is 62.3 Å². The highest BCUT2D eigenvalue weighted by Gasteiger charge is 1.88. The first-order valence-corrected chi connectivity index (χ1v) is 3.18. The first-order chi connectivity index (χ1) is 4.86. The smallest absolute Gasteiger partial charge is 0.119 e. The van der Waals surface area contributed by atoms with Crippen molar-refractivity contribution in [2.24, 2.45) is 0 Å². The van der Waals surface area contributed by atoms with Crippen molar-refractivity contribution in [2.75, 3.05) is 19.5 Å². The lowest BCUT2D eigenvalue weighted by Crippen LogP contribution is -1.87. The van der Waals surface area contributed by atoms with Crippen LogP contribution in [-0.2, 0) is 0 Å². The average molecular weight is 139 g/mol. The summed E-state index contributed by atoms with van der Waals surface area (Å²) in [5.41, 5.74) is 1.10. The molecule has 0 aliphatic carbocycles. The molecular weight excluding hydrogens is 126 g/mol. The van der Waals surface area contributed by atoms with E-state index in [1.54, 1.807) is 7.11 Å². The van der Waals surface area contributed by atoms with Gasteiger partial charge in [0.15, 0.2) is 0 Å². The van der Waals surface area contributed by atoms with Crippen LogP contribution in [0.5, 0.6) is 5.75 Å². The summed E-state index contributed by atoms with van der Waals surface area (Å²) in [4.78, 5) is 0. The van der Waals surface area contributed by atoms with E-state index in [-0.39, 0.29) is 1.43 Å². The van der Waals surface area contributed by atoms with Gasteiger partial charge in [0, 0.05) is 14.2 Å². The SMILES string of the molecule is CNc1ccc(OC)cc1.[HH]. The van der Waals surface area contributed by atoms with Crippen molar-refractivity contribution in [1.29, 1.82) is 0 Å². The molecule has 1 aromatic rings. The minimum Gasteiger partial charge on any atom is -0.497 e. The average Bonchev–Trinajstić information content (AvgIpc) is 2.05. The summed E-state index contributed by atoms with van der Waals surface area (Å²) in [6.45, 7) is 0. The third-order valence-corrected chi connectivity index (χ3v) is 1.38. The number of anilines is 1. The summed E-state index contributed by atoms with van der Waals surface area (Å²) < 4.78 is 4.99. The van der Waals surface area contributed by atoms with Crippen molar-refractivity contribution in [2.45, 2.75) is 0 Å². The molecule has 1 N–H and O–H groups in total. The van der Waals surface area contributed by atoms with Gasteiger partial charge in [-0.3, -0.25) is 0 Å². The van der Waals surface area contributed by atoms with Gasteiger partial charge in [0.25, 0.3) is 0 Å². The summed E-state index contributed by atoms with van der Waals surface area (Å²) in [5, 5.41) is 3.02. The lowest BCUT2D eigenvalue weighted by Gasteiger charge is -2.00. The predicted molar refractivity (Wildman–Crippen MR) is 44.7 cm³/mol. The number of ether oxygens (including phenoxy) is 1. The Morgan fingerprint density at radius 1 is 1.30 bits per heavy atom. The Kier molecular flexibility index (Phi) is 2.15. The standard InChI is InChI=1S/C8H11NO.H2/c1-9-7-3-5-8(10-2)6-4-7;/h3-6,9H,1-2H3;1H. The second-order valence-electron chi connectivity index (χ2n) is 1.98. The Morgan fingerprint density at radius 3 is 2.30 bits per heavy atom. The maximum atomic E-state index is 4.99. The molecule has 0 bridgehead atoms. The fourth-order valence-corrected chi connectivity index (χ4v) is 0.758. The number of methoxy groups -OCH3 is 1. The third-order valence-electron chi connectivity index (χ3n) is 1.38. The van der Waals surface area contributed by atoms with Crippen LogP contribution in [0, 0.1) is 0 Å². The van der Waals surface area contributed by atoms with Gasteiger partial charge < -0.3 is 10.1 Å². The lowest BCUT2D eigenvalue weighted by molar-refractivity contribution is 0.415. The molecular formula is C8H13NO. The molecule has 0 amide bonds. The number of benzene rings is 1. The van der Waals surface area contributed by atoms with E-state index in [0.717, 1.165) is 11.4 Å². The quantitative estimate of drug-likeness (QED) is 0.676. The van der Waals surface area contributed by atoms with Gasteiger partial charge in [0.2, 0.25) is 0 Å². The highest BCUT2D eigenvalue weighted by molar-refractivity contribution is 5.45. The third kappa shape index (κ3) is 1.41. The summed E-state index contributed by atoms with van der Waals surface area (Å²) in [7, 11) is 3.55. The molecule has 0 saturated carbocycles. The Hall–Kier alpha value is -1.18. The molecule has 2 nitrogen and oxygen atoms in total. The molecule has 0 unspecified atom stereocenters. The van der Waals surface area contributed by atoms with E-state index in [9.17, 15) is 0 Å². The van der Waals surface area contributed by atoms with E-state index in [0.29, 0.717) is 0 Å². The van der Waals surface area contributed by atoms with Crippen molar-refractivity contribution >= 4 is 5.69 Å². The van der Waals surface area contributed by atoms with E-state index in [4.69, 9.17) is 4.74 Å². The summed E-state index contributed by atoms with van der Waals surface area (Å²) in [6, 6.07) is 7.79. The van der Waals surface area contributed by atoms with Crippen LogP contribution in [0.2, 0.25) is 0 Å². The van der Waals surface area contributed by atoms with Crippen molar-refractivity contribution in [3.8, 4) is 5.75 Å². The second kappa shape index (κ2) is 3.11. The molecule has 0 spiro atoms. The van der Waals surface area contributed by atoms with Gasteiger partial charge in [-0.1, -0.05) is 0 Å². The van der Waals surface area contributed by atoms with Crippen LogP contribution in [0.1, 0.15) is 1.43 Å². The molecule has 0 radical (unpaired) electrons. The Bertz CT molecular complexity index is 175. The normalized spacial score (nSPS) is 9.00. The Balaban J connectivity index is 0.000001000. The van der Waals surface area contributed by atoms with Crippen molar-refractivity contribution < 1.29 is 6.16 Å². The summed E-state index contributed by atoms with van der Waals surface area (Å²) in [6.07, 6.45) is 0. The van der Waals surface area contributed by atoms with Crippen LogP contribution in [0.3, 0.4) is 0 Å². The van der Waals surface area contributed by atoms with E-state index < -0.39 is 0 Å². The molecule has 0 aliphatic rings. The van der Waals surface area contributed by atoms with Gasteiger partial charge in [0.05, 0.1) is 7.11 Å². The van der Waals surface area contributed by atoms with Gasteiger partial charge in [-0.15, -0.1) is 0 Å². The van der Waals surface area contributed by atoms with Gasteiger partial charge in [-0.25, -0.2) is 0 Å². The molecule has 1 aromatic carbocycles. The van der Waals surface area contributed by atoms with Crippen molar-refractivity contribution in [3.63, 3.8) is 0 Å². The Morgan fingerprint density at radius 2 is 1.90 bits per heavy atom. The molecule has 0 aromatic heterocycles. The number of rotatable bonds is 2. The minimum atomic E-state index is 0. The van der Waals surface area contributed by atoms with E-state index >= 15 is 0 Å². The first kappa shape index (κ1) is 6.93. The van der Waals surface area contributed by atoms with Crippen LogP contribution in [-0.4, -0.2) is 14.2 Å². The lowest BCUT2D eigenvalue weighted by atomic mass is 10.3. The van der Waals surface area contributed by atoms with Crippen molar-refractivity contribution in [1.82, 2.24) is 0 Å². The number of hydrogen-bond donors (Lipinski definition) is 1. The van der Waals surface area contributed by atoms with Crippen molar-refractivity contribution in [3.05, 3.63) is 24.3 Å². The first-order valence-electron chi connectivity index (χ1n) is 3.18. The van der Waals surface area contributed by atoms with E-state index in [1.807, 2.05) is 31.3 Å². The van der Waals surface area contributed by atoms with Gasteiger partial charge in [0.1, 0.15) is 5.75 Å². The molecule has 56 valence electrons.